The van der Waals surface area contributed by atoms with Crippen molar-refractivity contribution in [1.82, 2.24) is 10.2 Å². The van der Waals surface area contributed by atoms with E-state index in [1.54, 1.807) is 0 Å². The minimum atomic E-state index is -0.405. The molecule has 0 aromatic rings. The number of hydrogen-bond donors (Lipinski definition) is 2. The van der Waals surface area contributed by atoms with E-state index in [2.05, 4.69) is 31.0 Å². The Bertz CT molecular complexity index is 323. The fourth-order valence-electron chi connectivity index (χ4n) is 3.93. The van der Waals surface area contributed by atoms with Crippen molar-refractivity contribution < 1.29 is 4.79 Å². The van der Waals surface area contributed by atoms with Crippen molar-refractivity contribution in [2.45, 2.75) is 45.6 Å². The van der Waals surface area contributed by atoms with Crippen LogP contribution in [0.5, 0.6) is 0 Å². The first kappa shape index (κ1) is 13.8. The molecule has 0 aromatic carbocycles. The third kappa shape index (κ3) is 2.28. The number of nitrogens with zero attached hydrogens (tertiary/aromatic N) is 1. The zero-order valence-electron chi connectivity index (χ0n) is 12.0. The van der Waals surface area contributed by atoms with E-state index in [1.165, 1.54) is 0 Å². The Balaban J connectivity index is 2.24. The molecule has 2 atom stereocenters. The minimum absolute atomic E-state index is 0.118. The summed E-state index contributed by atoms with van der Waals surface area (Å²) < 4.78 is 0. The van der Waals surface area contributed by atoms with Crippen LogP contribution in [-0.4, -0.2) is 42.5 Å². The molecule has 0 aromatic heterocycles. The Morgan fingerprint density at radius 2 is 1.89 bits per heavy atom. The van der Waals surface area contributed by atoms with Gasteiger partial charge in [-0.25, -0.2) is 0 Å². The van der Waals surface area contributed by atoms with E-state index in [0.29, 0.717) is 11.3 Å². The normalized spacial score (nSPS) is 37.4. The summed E-state index contributed by atoms with van der Waals surface area (Å²) in [6.45, 7) is 10.6. The third-order valence-electron chi connectivity index (χ3n) is 4.96. The maximum absolute atomic E-state index is 12.2. The summed E-state index contributed by atoms with van der Waals surface area (Å²) in [5.74, 6) is 0.226. The largest absolute Gasteiger partial charge is 0.368 e. The highest BCUT2D eigenvalue weighted by Crippen LogP contribution is 2.46. The van der Waals surface area contributed by atoms with E-state index in [-0.39, 0.29) is 5.91 Å². The summed E-state index contributed by atoms with van der Waals surface area (Å²) in [5, 5.41) is 3.35. The molecule has 0 spiro atoms. The van der Waals surface area contributed by atoms with Gasteiger partial charge in [0, 0.05) is 26.2 Å². The van der Waals surface area contributed by atoms with E-state index in [1.807, 2.05) is 0 Å². The molecule has 1 saturated carbocycles. The highest BCUT2D eigenvalue weighted by Gasteiger charge is 2.51. The van der Waals surface area contributed by atoms with Gasteiger partial charge in [-0.2, -0.15) is 0 Å². The van der Waals surface area contributed by atoms with Crippen molar-refractivity contribution in [1.29, 1.82) is 0 Å². The number of rotatable bonds is 2. The summed E-state index contributed by atoms with van der Waals surface area (Å²) in [4.78, 5) is 14.5. The zero-order chi connectivity index (χ0) is 13.4. The standard InChI is InChI=1S/C14H27N3O/c1-11-10-13(2,3)4-5-14(11,12(15)18)17-8-6-16-7-9-17/h11,16H,4-10H2,1-3H3,(H2,15,18). The fraction of sp³-hybridized carbons (Fsp3) is 0.929. The molecule has 1 heterocycles. The molecule has 2 fully saturated rings. The number of carbonyl (C=O) groups excluding carboxylic acids is 1. The van der Waals surface area contributed by atoms with Crippen LogP contribution in [0.3, 0.4) is 0 Å². The monoisotopic (exact) mass is 253 g/mol. The lowest BCUT2D eigenvalue weighted by Crippen LogP contribution is -2.67. The summed E-state index contributed by atoms with van der Waals surface area (Å²) in [5.41, 5.74) is 5.75. The molecule has 0 radical (unpaired) electrons. The number of nitrogens with one attached hydrogen (secondary N) is 1. The molecule has 2 rings (SSSR count). The maximum atomic E-state index is 12.2. The summed E-state index contributed by atoms with van der Waals surface area (Å²) in [6.07, 6.45) is 3.08. The lowest BCUT2D eigenvalue weighted by molar-refractivity contribution is -0.140. The number of piperazine rings is 1. The van der Waals surface area contributed by atoms with Crippen LogP contribution in [0, 0.1) is 11.3 Å². The van der Waals surface area contributed by atoms with E-state index >= 15 is 0 Å². The first-order valence-corrected chi connectivity index (χ1v) is 7.14. The number of nitrogens with two attached hydrogens (primary N) is 1. The highest BCUT2D eigenvalue weighted by molar-refractivity contribution is 5.85. The predicted molar refractivity (Wildman–Crippen MR) is 73.2 cm³/mol. The van der Waals surface area contributed by atoms with Gasteiger partial charge in [-0.1, -0.05) is 20.8 Å². The molecule has 4 heteroatoms. The van der Waals surface area contributed by atoms with Gasteiger partial charge in [0.1, 0.15) is 5.54 Å². The molecule has 4 nitrogen and oxygen atoms in total. The van der Waals surface area contributed by atoms with Crippen molar-refractivity contribution >= 4 is 5.91 Å². The number of carbonyl (C=O) groups is 1. The average molecular weight is 253 g/mol. The average Bonchev–Trinajstić information content (AvgIpc) is 2.29. The van der Waals surface area contributed by atoms with Gasteiger partial charge >= 0.3 is 0 Å². The third-order valence-corrected chi connectivity index (χ3v) is 4.96. The molecular weight excluding hydrogens is 226 g/mol. The Labute approximate surface area is 110 Å². The molecule has 2 aliphatic rings. The molecule has 1 amide bonds. The van der Waals surface area contributed by atoms with Crippen molar-refractivity contribution in [3.05, 3.63) is 0 Å². The molecule has 2 unspecified atom stereocenters. The number of primary amides is 1. The topological polar surface area (TPSA) is 58.4 Å². The molecule has 0 bridgehead atoms. The minimum Gasteiger partial charge on any atom is -0.368 e. The van der Waals surface area contributed by atoms with Crippen LogP contribution in [0.15, 0.2) is 0 Å². The van der Waals surface area contributed by atoms with Crippen LogP contribution in [0.25, 0.3) is 0 Å². The van der Waals surface area contributed by atoms with E-state index in [0.717, 1.165) is 45.4 Å². The van der Waals surface area contributed by atoms with Crippen molar-refractivity contribution in [3.8, 4) is 0 Å². The first-order chi connectivity index (χ1) is 8.38. The molecule has 3 N–H and O–H groups in total. The fourth-order valence-corrected chi connectivity index (χ4v) is 3.93. The number of hydrogen-bond acceptors (Lipinski definition) is 3. The molecular formula is C14H27N3O. The van der Waals surface area contributed by atoms with E-state index in [9.17, 15) is 4.79 Å². The summed E-state index contributed by atoms with van der Waals surface area (Å²) >= 11 is 0. The summed E-state index contributed by atoms with van der Waals surface area (Å²) in [6, 6.07) is 0. The Kier molecular flexibility index (Phi) is 3.70. The van der Waals surface area contributed by atoms with Crippen LogP contribution in [0.2, 0.25) is 0 Å². The Morgan fingerprint density at radius 1 is 1.28 bits per heavy atom. The second-order valence-electron chi connectivity index (χ2n) is 6.79. The lowest BCUT2D eigenvalue weighted by atomic mass is 9.62. The van der Waals surface area contributed by atoms with Gasteiger partial charge in [-0.3, -0.25) is 9.69 Å². The van der Waals surface area contributed by atoms with Gasteiger partial charge in [-0.15, -0.1) is 0 Å². The van der Waals surface area contributed by atoms with Crippen LogP contribution in [-0.2, 0) is 4.79 Å². The molecule has 1 saturated heterocycles. The molecule has 104 valence electrons. The van der Waals surface area contributed by atoms with Crippen LogP contribution in [0.1, 0.15) is 40.0 Å². The van der Waals surface area contributed by atoms with Crippen molar-refractivity contribution in [2.24, 2.45) is 17.1 Å². The smallest absolute Gasteiger partial charge is 0.238 e. The van der Waals surface area contributed by atoms with Crippen LogP contribution >= 0.6 is 0 Å². The van der Waals surface area contributed by atoms with E-state index < -0.39 is 5.54 Å². The second-order valence-corrected chi connectivity index (χ2v) is 6.79. The molecule has 1 aliphatic heterocycles. The van der Waals surface area contributed by atoms with Gasteiger partial charge < -0.3 is 11.1 Å². The SMILES string of the molecule is CC1CC(C)(C)CCC1(C(N)=O)N1CCNCC1. The van der Waals surface area contributed by atoms with Gasteiger partial charge in [-0.05, 0) is 30.6 Å². The maximum Gasteiger partial charge on any atom is 0.238 e. The highest BCUT2D eigenvalue weighted by atomic mass is 16.1. The van der Waals surface area contributed by atoms with Crippen molar-refractivity contribution in [2.75, 3.05) is 26.2 Å². The van der Waals surface area contributed by atoms with Gasteiger partial charge in [0.05, 0.1) is 0 Å². The lowest BCUT2D eigenvalue weighted by Gasteiger charge is -2.53. The second kappa shape index (κ2) is 4.82. The van der Waals surface area contributed by atoms with Gasteiger partial charge in [0.15, 0.2) is 0 Å². The quantitative estimate of drug-likeness (QED) is 0.771. The van der Waals surface area contributed by atoms with Crippen LogP contribution < -0.4 is 11.1 Å². The molecule has 1 aliphatic carbocycles. The zero-order valence-corrected chi connectivity index (χ0v) is 12.0. The predicted octanol–water partition coefficient (Wildman–Crippen LogP) is 0.962. The first-order valence-electron chi connectivity index (χ1n) is 7.14. The Morgan fingerprint density at radius 3 is 2.39 bits per heavy atom. The number of amides is 1. The Hall–Kier alpha value is -0.610. The van der Waals surface area contributed by atoms with Gasteiger partial charge in [0.2, 0.25) is 5.91 Å². The van der Waals surface area contributed by atoms with Gasteiger partial charge in [0.25, 0.3) is 0 Å². The molecule has 18 heavy (non-hydrogen) atoms. The van der Waals surface area contributed by atoms with E-state index in [4.69, 9.17) is 5.73 Å². The van der Waals surface area contributed by atoms with Crippen LogP contribution in [0.4, 0.5) is 0 Å². The summed E-state index contributed by atoms with van der Waals surface area (Å²) in [7, 11) is 0. The van der Waals surface area contributed by atoms with Crippen molar-refractivity contribution in [3.63, 3.8) is 0 Å².